The number of aryl methyl sites for hydroxylation is 1. The summed E-state index contributed by atoms with van der Waals surface area (Å²) >= 11 is 0. The van der Waals surface area contributed by atoms with E-state index in [9.17, 15) is 4.79 Å². The van der Waals surface area contributed by atoms with Gasteiger partial charge in [0.2, 0.25) is 0 Å². The molecule has 0 radical (unpaired) electrons. The van der Waals surface area contributed by atoms with Crippen LogP contribution in [0.2, 0.25) is 0 Å². The minimum Gasteiger partial charge on any atom is -0.465 e. The molecule has 0 bridgehead atoms. The molecule has 1 unspecified atom stereocenters. The summed E-state index contributed by atoms with van der Waals surface area (Å²) in [7, 11) is 3.56. The second-order valence-electron chi connectivity index (χ2n) is 5.44. The van der Waals surface area contributed by atoms with Gasteiger partial charge in [-0.05, 0) is 39.4 Å². The number of rotatable bonds is 5. The van der Waals surface area contributed by atoms with Crippen molar-refractivity contribution in [3.05, 3.63) is 23.2 Å². The van der Waals surface area contributed by atoms with Crippen LogP contribution in [0.5, 0.6) is 0 Å². The Morgan fingerprint density at radius 3 is 3.05 bits per heavy atom. The van der Waals surface area contributed by atoms with Crippen LogP contribution in [0.4, 0.5) is 0 Å². The van der Waals surface area contributed by atoms with Crippen LogP contribution in [0, 0.1) is 6.92 Å². The molecule has 112 valence electrons. The molecule has 1 saturated heterocycles. The Balaban J connectivity index is 1.83. The van der Waals surface area contributed by atoms with Crippen LogP contribution in [0.3, 0.4) is 0 Å². The van der Waals surface area contributed by atoms with Crippen LogP contribution in [0.1, 0.15) is 41.1 Å². The second-order valence-corrected chi connectivity index (χ2v) is 5.44. The van der Waals surface area contributed by atoms with Gasteiger partial charge in [0.1, 0.15) is 17.1 Å². The summed E-state index contributed by atoms with van der Waals surface area (Å²) in [6, 6.07) is 2.36. The maximum atomic E-state index is 11.5. The average molecular weight is 280 g/mol. The number of nitrogens with zero attached hydrogens (tertiary/aromatic N) is 1. The summed E-state index contributed by atoms with van der Waals surface area (Å²) < 4.78 is 10.3. The van der Waals surface area contributed by atoms with E-state index >= 15 is 0 Å². The van der Waals surface area contributed by atoms with Gasteiger partial charge < -0.3 is 19.4 Å². The summed E-state index contributed by atoms with van der Waals surface area (Å²) in [4.78, 5) is 13.9. The molecule has 0 saturated carbocycles. The van der Waals surface area contributed by atoms with Crippen LogP contribution >= 0.6 is 0 Å². The molecule has 2 rings (SSSR count). The van der Waals surface area contributed by atoms with Crippen LogP contribution in [-0.2, 0) is 11.3 Å². The van der Waals surface area contributed by atoms with Crippen LogP contribution in [0.15, 0.2) is 10.5 Å². The fourth-order valence-electron chi connectivity index (χ4n) is 2.71. The standard InChI is InChI=1S/C15H24N2O3/c1-11-14(15(18)19-3)8-13(20-11)10-16-9-12-6-4-5-7-17(12)2/h8,12,16H,4-7,9-10H2,1-3H3. The van der Waals surface area contributed by atoms with E-state index in [-0.39, 0.29) is 5.97 Å². The summed E-state index contributed by atoms with van der Waals surface area (Å²) in [6.45, 7) is 4.55. The van der Waals surface area contributed by atoms with E-state index in [1.54, 1.807) is 13.0 Å². The number of carbonyl (C=O) groups excluding carboxylic acids is 1. The van der Waals surface area contributed by atoms with Gasteiger partial charge in [-0.25, -0.2) is 4.79 Å². The van der Waals surface area contributed by atoms with Crippen molar-refractivity contribution in [1.82, 2.24) is 10.2 Å². The molecular formula is C15H24N2O3. The molecule has 0 aromatic carbocycles. The van der Waals surface area contributed by atoms with Crippen LogP contribution < -0.4 is 5.32 Å². The molecule has 5 heteroatoms. The van der Waals surface area contributed by atoms with E-state index < -0.39 is 0 Å². The van der Waals surface area contributed by atoms with Crippen LogP contribution in [0.25, 0.3) is 0 Å². The first-order chi connectivity index (χ1) is 9.61. The first kappa shape index (κ1) is 15.1. The van der Waals surface area contributed by atoms with E-state index in [0.29, 0.717) is 23.9 Å². The van der Waals surface area contributed by atoms with Crippen molar-refractivity contribution in [3.8, 4) is 0 Å². The second kappa shape index (κ2) is 6.90. The number of ether oxygens (including phenoxy) is 1. The topological polar surface area (TPSA) is 54.7 Å². The van der Waals surface area contributed by atoms with Gasteiger partial charge in [0, 0.05) is 12.6 Å². The molecule has 1 atom stereocenters. The molecule has 20 heavy (non-hydrogen) atoms. The lowest BCUT2D eigenvalue weighted by Gasteiger charge is -2.32. The van der Waals surface area contributed by atoms with Crippen molar-refractivity contribution in [2.75, 3.05) is 27.2 Å². The Hall–Kier alpha value is -1.33. The summed E-state index contributed by atoms with van der Waals surface area (Å²) in [5.74, 6) is 1.05. The molecule has 1 aromatic rings. The maximum absolute atomic E-state index is 11.5. The zero-order chi connectivity index (χ0) is 14.5. The highest BCUT2D eigenvalue weighted by Gasteiger charge is 2.19. The maximum Gasteiger partial charge on any atom is 0.341 e. The number of likely N-dealkylation sites (N-methyl/N-ethyl adjacent to an activating group) is 1. The van der Waals surface area contributed by atoms with E-state index in [0.717, 1.165) is 12.3 Å². The fraction of sp³-hybridized carbons (Fsp3) is 0.667. The van der Waals surface area contributed by atoms with E-state index in [1.165, 1.54) is 32.9 Å². The zero-order valence-electron chi connectivity index (χ0n) is 12.6. The zero-order valence-corrected chi connectivity index (χ0v) is 12.6. The van der Waals surface area contributed by atoms with Crippen molar-refractivity contribution in [3.63, 3.8) is 0 Å². The SMILES string of the molecule is COC(=O)c1cc(CNCC2CCCCN2C)oc1C. The quantitative estimate of drug-likeness (QED) is 0.835. The van der Waals surface area contributed by atoms with Crippen molar-refractivity contribution in [2.24, 2.45) is 0 Å². The van der Waals surface area contributed by atoms with E-state index in [4.69, 9.17) is 9.15 Å². The molecule has 5 nitrogen and oxygen atoms in total. The number of hydrogen-bond donors (Lipinski definition) is 1. The summed E-state index contributed by atoms with van der Waals surface area (Å²) in [5, 5.41) is 3.41. The highest BCUT2D eigenvalue weighted by Crippen LogP contribution is 2.17. The molecule has 0 aliphatic carbocycles. The third kappa shape index (κ3) is 3.61. The molecule has 1 aromatic heterocycles. The smallest absolute Gasteiger partial charge is 0.341 e. The Labute approximate surface area is 120 Å². The van der Waals surface area contributed by atoms with Gasteiger partial charge in [-0.3, -0.25) is 0 Å². The lowest BCUT2D eigenvalue weighted by molar-refractivity contribution is 0.0599. The molecule has 1 fully saturated rings. The molecular weight excluding hydrogens is 256 g/mol. The van der Waals surface area contributed by atoms with E-state index in [2.05, 4.69) is 17.3 Å². The molecule has 1 N–H and O–H groups in total. The Morgan fingerprint density at radius 1 is 1.55 bits per heavy atom. The number of nitrogens with one attached hydrogen (secondary N) is 1. The number of esters is 1. The van der Waals surface area contributed by atoms with Gasteiger partial charge in [-0.15, -0.1) is 0 Å². The normalized spacial score (nSPS) is 20.1. The third-order valence-electron chi connectivity index (χ3n) is 3.97. The number of hydrogen-bond acceptors (Lipinski definition) is 5. The first-order valence-electron chi connectivity index (χ1n) is 7.20. The Bertz CT molecular complexity index is 456. The van der Waals surface area contributed by atoms with Crippen molar-refractivity contribution in [2.45, 2.75) is 38.8 Å². The number of carbonyl (C=O) groups is 1. The summed E-state index contributed by atoms with van der Waals surface area (Å²) in [6.07, 6.45) is 3.85. The van der Waals surface area contributed by atoms with Crippen molar-refractivity contribution in [1.29, 1.82) is 0 Å². The largest absolute Gasteiger partial charge is 0.465 e. The van der Waals surface area contributed by atoms with Gasteiger partial charge in [0.25, 0.3) is 0 Å². The number of furan rings is 1. The predicted molar refractivity (Wildman–Crippen MR) is 76.8 cm³/mol. The average Bonchev–Trinajstić information content (AvgIpc) is 2.81. The van der Waals surface area contributed by atoms with Crippen molar-refractivity contribution >= 4 is 5.97 Å². The van der Waals surface area contributed by atoms with Gasteiger partial charge in [-0.1, -0.05) is 6.42 Å². The van der Waals surface area contributed by atoms with E-state index in [1.807, 2.05) is 0 Å². The predicted octanol–water partition coefficient (Wildman–Crippen LogP) is 1.95. The Morgan fingerprint density at radius 2 is 2.35 bits per heavy atom. The van der Waals surface area contributed by atoms with Gasteiger partial charge in [0.15, 0.2) is 0 Å². The fourth-order valence-corrected chi connectivity index (χ4v) is 2.71. The molecule has 1 aliphatic rings. The monoisotopic (exact) mass is 280 g/mol. The molecule has 0 spiro atoms. The molecule has 2 heterocycles. The molecule has 1 aliphatic heterocycles. The lowest BCUT2D eigenvalue weighted by atomic mass is 10.0. The van der Waals surface area contributed by atoms with Gasteiger partial charge in [-0.2, -0.15) is 0 Å². The number of likely N-dealkylation sites (tertiary alicyclic amines) is 1. The Kier molecular flexibility index (Phi) is 5.20. The minimum absolute atomic E-state index is 0.343. The highest BCUT2D eigenvalue weighted by atomic mass is 16.5. The highest BCUT2D eigenvalue weighted by molar-refractivity contribution is 5.90. The lowest BCUT2D eigenvalue weighted by Crippen LogP contribution is -2.42. The molecule has 0 amide bonds. The number of methoxy groups -OCH3 is 1. The van der Waals surface area contributed by atoms with Gasteiger partial charge in [0.05, 0.1) is 13.7 Å². The third-order valence-corrected chi connectivity index (χ3v) is 3.97. The first-order valence-corrected chi connectivity index (χ1v) is 7.20. The van der Waals surface area contributed by atoms with Crippen molar-refractivity contribution < 1.29 is 13.9 Å². The van der Waals surface area contributed by atoms with Gasteiger partial charge >= 0.3 is 5.97 Å². The van der Waals surface area contributed by atoms with Crippen LogP contribution in [-0.4, -0.2) is 44.2 Å². The summed E-state index contributed by atoms with van der Waals surface area (Å²) in [5.41, 5.74) is 0.513. The number of piperidine rings is 1. The minimum atomic E-state index is -0.343.